The molecule has 0 bridgehead atoms. The smallest absolute Gasteiger partial charge is 0.219 e. The summed E-state index contributed by atoms with van der Waals surface area (Å²) in [7, 11) is 0. The fraction of sp³-hybridized carbons (Fsp3) is 0.267. The Hall–Kier alpha value is -1.87. The van der Waals surface area contributed by atoms with Crippen LogP contribution in [0.2, 0.25) is 0 Å². The fourth-order valence-electron chi connectivity index (χ4n) is 1.73. The van der Waals surface area contributed by atoms with Crippen molar-refractivity contribution in [1.29, 1.82) is 0 Å². The largest absolute Gasteiger partial charge is 0.439 e. The highest BCUT2D eigenvalue weighted by Gasteiger charge is 2.04. The Morgan fingerprint density at radius 1 is 1.17 bits per heavy atom. The minimum Gasteiger partial charge on any atom is -0.439 e. The van der Waals surface area contributed by atoms with Gasteiger partial charge in [-0.2, -0.15) is 0 Å². The molecule has 3 nitrogen and oxygen atoms in total. The van der Waals surface area contributed by atoms with Crippen LogP contribution in [0.25, 0.3) is 0 Å². The van der Waals surface area contributed by atoms with Gasteiger partial charge in [-0.05, 0) is 44.0 Å². The van der Waals surface area contributed by atoms with E-state index in [0.29, 0.717) is 5.88 Å². The molecule has 1 aromatic carbocycles. The summed E-state index contributed by atoms with van der Waals surface area (Å²) >= 11 is 0. The molecule has 0 saturated carbocycles. The number of rotatable bonds is 3. The second-order valence-electron chi connectivity index (χ2n) is 4.48. The number of aliphatic hydroxyl groups is 1. The van der Waals surface area contributed by atoms with Crippen LogP contribution in [-0.4, -0.2) is 10.1 Å². The van der Waals surface area contributed by atoms with Gasteiger partial charge in [-0.1, -0.05) is 17.7 Å². The molecule has 94 valence electrons. The quantitative estimate of drug-likeness (QED) is 0.896. The Morgan fingerprint density at radius 2 is 1.94 bits per heavy atom. The third kappa shape index (κ3) is 2.87. The Balaban J connectivity index is 2.18. The first-order chi connectivity index (χ1) is 8.56. The first kappa shape index (κ1) is 12.6. The number of ether oxygens (including phenoxy) is 1. The van der Waals surface area contributed by atoms with E-state index in [2.05, 4.69) is 11.1 Å². The van der Waals surface area contributed by atoms with Crippen LogP contribution in [0.5, 0.6) is 11.6 Å². The molecule has 1 aromatic heterocycles. The summed E-state index contributed by atoms with van der Waals surface area (Å²) < 4.78 is 5.71. The summed E-state index contributed by atoms with van der Waals surface area (Å²) in [4.78, 5) is 4.18. The van der Waals surface area contributed by atoms with E-state index in [1.165, 1.54) is 5.56 Å². The Labute approximate surface area is 107 Å². The van der Waals surface area contributed by atoms with Gasteiger partial charge in [-0.15, -0.1) is 0 Å². The standard InChI is InChI=1S/C15H17NO2/c1-10-4-6-14(11(2)8-10)18-15-7-5-13(9-16-15)12(3)17/h4-9,12,17H,1-3H3/t12-/m1/s1. The molecule has 18 heavy (non-hydrogen) atoms. The van der Waals surface area contributed by atoms with E-state index in [1.807, 2.05) is 32.0 Å². The summed E-state index contributed by atoms with van der Waals surface area (Å²) in [6.07, 6.45) is 1.12. The normalized spacial score (nSPS) is 12.2. The van der Waals surface area contributed by atoms with Gasteiger partial charge in [0, 0.05) is 12.3 Å². The molecule has 0 unspecified atom stereocenters. The first-order valence-electron chi connectivity index (χ1n) is 5.95. The summed E-state index contributed by atoms with van der Waals surface area (Å²) in [6, 6.07) is 9.60. The molecule has 0 aliphatic heterocycles. The van der Waals surface area contributed by atoms with Crippen molar-refractivity contribution < 1.29 is 9.84 Å². The van der Waals surface area contributed by atoms with E-state index < -0.39 is 6.10 Å². The monoisotopic (exact) mass is 243 g/mol. The van der Waals surface area contributed by atoms with Crippen LogP contribution in [0.15, 0.2) is 36.5 Å². The molecule has 1 heterocycles. The van der Waals surface area contributed by atoms with Crippen molar-refractivity contribution >= 4 is 0 Å². The van der Waals surface area contributed by atoms with Gasteiger partial charge in [-0.25, -0.2) is 4.98 Å². The molecule has 0 aliphatic carbocycles. The minimum atomic E-state index is -0.507. The molecular weight excluding hydrogens is 226 g/mol. The Bertz CT molecular complexity index is 533. The van der Waals surface area contributed by atoms with E-state index >= 15 is 0 Å². The molecule has 0 aliphatic rings. The van der Waals surface area contributed by atoms with Crippen molar-refractivity contribution in [2.75, 3.05) is 0 Å². The van der Waals surface area contributed by atoms with Gasteiger partial charge in [0.15, 0.2) is 0 Å². The number of hydrogen-bond acceptors (Lipinski definition) is 3. The molecule has 2 aromatic rings. The highest BCUT2D eigenvalue weighted by molar-refractivity contribution is 5.38. The number of aryl methyl sites for hydroxylation is 2. The number of benzene rings is 1. The van der Waals surface area contributed by atoms with Crippen LogP contribution < -0.4 is 4.74 Å². The number of aromatic nitrogens is 1. The van der Waals surface area contributed by atoms with E-state index in [4.69, 9.17) is 4.74 Å². The predicted octanol–water partition coefficient (Wildman–Crippen LogP) is 3.54. The number of hydrogen-bond donors (Lipinski definition) is 1. The van der Waals surface area contributed by atoms with Crippen molar-refractivity contribution in [2.24, 2.45) is 0 Å². The van der Waals surface area contributed by atoms with Crippen LogP contribution >= 0.6 is 0 Å². The molecule has 1 N–H and O–H groups in total. The van der Waals surface area contributed by atoms with Crippen molar-refractivity contribution in [2.45, 2.75) is 26.9 Å². The molecule has 3 heteroatoms. The lowest BCUT2D eigenvalue weighted by Gasteiger charge is -2.09. The lowest BCUT2D eigenvalue weighted by Crippen LogP contribution is -1.94. The molecule has 0 fully saturated rings. The lowest BCUT2D eigenvalue weighted by atomic mass is 10.1. The molecule has 0 radical (unpaired) electrons. The second-order valence-corrected chi connectivity index (χ2v) is 4.48. The summed E-state index contributed by atoms with van der Waals surface area (Å²) in [5.74, 6) is 1.34. The van der Waals surface area contributed by atoms with Crippen LogP contribution in [-0.2, 0) is 0 Å². The van der Waals surface area contributed by atoms with E-state index in [9.17, 15) is 5.11 Å². The summed E-state index contributed by atoms with van der Waals surface area (Å²) in [5, 5.41) is 9.40. The zero-order valence-electron chi connectivity index (χ0n) is 10.8. The van der Waals surface area contributed by atoms with Gasteiger partial charge in [0.25, 0.3) is 0 Å². The maximum absolute atomic E-state index is 9.40. The topological polar surface area (TPSA) is 42.4 Å². The lowest BCUT2D eigenvalue weighted by molar-refractivity contribution is 0.198. The Kier molecular flexibility index (Phi) is 3.63. The van der Waals surface area contributed by atoms with Gasteiger partial charge >= 0.3 is 0 Å². The average Bonchev–Trinajstić information content (AvgIpc) is 2.33. The zero-order chi connectivity index (χ0) is 13.1. The SMILES string of the molecule is Cc1ccc(Oc2ccc([C@@H](C)O)cn2)c(C)c1. The minimum absolute atomic E-state index is 0.507. The van der Waals surface area contributed by atoms with Gasteiger partial charge in [0.05, 0.1) is 6.10 Å². The van der Waals surface area contributed by atoms with Gasteiger partial charge in [-0.3, -0.25) is 0 Å². The molecule has 1 atom stereocenters. The van der Waals surface area contributed by atoms with Crippen molar-refractivity contribution in [3.8, 4) is 11.6 Å². The van der Waals surface area contributed by atoms with Gasteiger partial charge < -0.3 is 9.84 Å². The maximum atomic E-state index is 9.40. The van der Waals surface area contributed by atoms with E-state index in [0.717, 1.165) is 16.9 Å². The second kappa shape index (κ2) is 5.19. The number of nitrogens with zero attached hydrogens (tertiary/aromatic N) is 1. The third-order valence-electron chi connectivity index (χ3n) is 2.79. The highest BCUT2D eigenvalue weighted by Crippen LogP contribution is 2.24. The predicted molar refractivity (Wildman–Crippen MR) is 70.9 cm³/mol. The number of aliphatic hydroxyl groups excluding tert-OH is 1. The van der Waals surface area contributed by atoms with Crippen molar-refractivity contribution in [1.82, 2.24) is 4.98 Å². The first-order valence-corrected chi connectivity index (χ1v) is 5.95. The van der Waals surface area contributed by atoms with Crippen LogP contribution in [0.3, 0.4) is 0 Å². The molecular formula is C15H17NO2. The van der Waals surface area contributed by atoms with Gasteiger partial charge in [0.2, 0.25) is 5.88 Å². The summed E-state index contributed by atoms with van der Waals surface area (Å²) in [5.41, 5.74) is 3.07. The number of pyridine rings is 1. The molecule has 0 amide bonds. The van der Waals surface area contributed by atoms with Crippen molar-refractivity contribution in [3.05, 3.63) is 53.2 Å². The van der Waals surface area contributed by atoms with Crippen LogP contribution in [0, 0.1) is 13.8 Å². The Morgan fingerprint density at radius 3 is 2.50 bits per heavy atom. The van der Waals surface area contributed by atoms with E-state index in [-0.39, 0.29) is 0 Å². The van der Waals surface area contributed by atoms with Crippen molar-refractivity contribution in [3.63, 3.8) is 0 Å². The van der Waals surface area contributed by atoms with E-state index in [1.54, 1.807) is 19.2 Å². The summed E-state index contributed by atoms with van der Waals surface area (Å²) in [6.45, 7) is 5.76. The van der Waals surface area contributed by atoms with Crippen LogP contribution in [0.4, 0.5) is 0 Å². The average molecular weight is 243 g/mol. The van der Waals surface area contributed by atoms with Gasteiger partial charge in [0.1, 0.15) is 5.75 Å². The molecule has 0 spiro atoms. The molecule has 2 rings (SSSR count). The third-order valence-corrected chi connectivity index (χ3v) is 2.79. The highest BCUT2D eigenvalue weighted by atomic mass is 16.5. The van der Waals surface area contributed by atoms with Crippen LogP contribution in [0.1, 0.15) is 29.7 Å². The molecule has 0 saturated heterocycles. The maximum Gasteiger partial charge on any atom is 0.219 e. The zero-order valence-corrected chi connectivity index (χ0v) is 10.8. The fourth-order valence-corrected chi connectivity index (χ4v) is 1.73.